The Morgan fingerprint density at radius 2 is 2.17 bits per heavy atom. The van der Waals surface area contributed by atoms with E-state index in [1.807, 2.05) is 37.3 Å². The molecular formula is C18H26N6. The van der Waals surface area contributed by atoms with Gasteiger partial charge in [-0.25, -0.2) is 9.97 Å². The molecule has 128 valence electrons. The number of hydrogen-bond acceptors (Lipinski definition) is 6. The van der Waals surface area contributed by atoms with Gasteiger partial charge in [-0.1, -0.05) is 6.07 Å². The molecule has 6 heteroatoms. The van der Waals surface area contributed by atoms with Gasteiger partial charge < -0.3 is 15.1 Å². The lowest BCUT2D eigenvalue weighted by molar-refractivity contribution is 0.218. The van der Waals surface area contributed by atoms with E-state index in [2.05, 4.69) is 37.3 Å². The summed E-state index contributed by atoms with van der Waals surface area (Å²) in [6.07, 6.45) is 6.89. The summed E-state index contributed by atoms with van der Waals surface area (Å²) in [5.74, 6) is 1.83. The summed E-state index contributed by atoms with van der Waals surface area (Å²) in [7, 11) is 3.98. The van der Waals surface area contributed by atoms with E-state index in [1.54, 1.807) is 6.33 Å². The van der Waals surface area contributed by atoms with Crippen molar-refractivity contribution in [1.82, 2.24) is 19.9 Å². The minimum absolute atomic E-state index is 0.437. The summed E-state index contributed by atoms with van der Waals surface area (Å²) < 4.78 is 0. The number of aromatic nitrogens is 3. The average Bonchev–Trinajstić information content (AvgIpc) is 2.61. The number of nitrogens with zero attached hydrogens (tertiary/aromatic N) is 5. The number of nitrogens with one attached hydrogen (secondary N) is 1. The number of rotatable bonds is 6. The summed E-state index contributed by atoms with van der Waals surface area (Å²) in [5, 5.41) is 3.57. The summed E-state index contributed by atoms with van der Waals surface area (Å²) in [6.45, 7) is 3.27. The zero-order chi connectivity index (χ0) is 16.8. The molecule has 1 aliphatic rings. The molecule has 6 nitrogen and oxygen atoms in total. The highest BCUT2D eigenvalue weighted by Gasteiger charge is 2.20. The SMILES string of the molecule is CN(C)c1cc(NC2CCCN(CCc3ccccn3)C2)ncn1. The van der Waals surface area contributed by atoms with Gasteiger partial charge >= 0.3 is 0 Å². The second-order valence-electron chi connectivity index (χ2n) is 6.51. The average molecular weight is 326 g/mol. The summed E-state index contributed by atoms with van der Waals surface area (Å²) in [6, 6.07) is 8.57. The van der Waals surface area contributed by atoms with Gasteiger partial charge in [-0.2, -0.15) is 0 Å². The van der Waals surface area contributed by atoms with Crippen molar-refractivity contribution in [2.45, 2.75) is 25.3 Å². The Morgan fingerprint density at radius 1 is 1.25 bits per heavy atom. The Kier molecular flexibility index (Phi) is 5.59. The van der Waals surface area contributed by atoms with Gasteiger partial charge in [-0.05, 0) is 31.5 Å². The van der Waals surface area contributed by atoms with Crippen LogP contribution in [0.5, 0.6) is 0 Å². The van der Waals surface area contributed by atoms with Crippen molar-refractivity contribution in [3.05, 3.63) is 42.5 Å². The lowest BCUT2D eigenvalue weighted by Gasteiger charge is -2.33. The highest BCUT2D eigenvalue weighted by atomic mass is 15.2. The van der Waals surface area contributed by atoms with E-state index in [-0.39, 0.29) is 0 Å². The van der Waals surface area contributed by atoms with E-state index in [9.17, 15) is 0 Å². The predicted molar refractivity (Wildman–Crippen MR) is 97.4 cm³/mol. The van der Waals surface area contributed by atoms with Crippen LogP contribution in [0.25, 0.3) is 0 Å². The van der Waals surface area contributed by atoms with Crippen LogP contribution in [-0.4, -0.2) is 59.6 Å². The second-order valence-corrected chi connectivity index (χ2v) is 6.51. The molecule has 2 aromatic rings. The first-order valence-electron chi connectivity index (χ1n) is 8.59. The molecule has 1 unspecified atom stereocenters. The molecule has 0 aliphatic carbocycles. The van der Waals surface area contributed by atoms with E-state index in [1.165, 1.54) is 18.5 Å². The molecular weight excluding hydrogens is 300 g/mol. The monoisotopic (exact) mass is 326 g/mol. The first kappa shape index (κ1) is 16.6. The van der Waals surface area contributed by atoms with E-state index < -0.39 is 0 Å². The standard InChI is InChI=1S/C18H26N6/c1-23(2)18-12-17(20-14-21-18)22-16-7-5-10-24(13-16)11-8-15-6-3-4-9-19-15/h3-4,6,9,12,14,16H,5,7-8,10-11,13H2,1-2H3,(H,20,21,22). The lowest BCUT2D eigenvalue weighted by Crippen LogP contribution is -2.43. The van der Waals surface area contributed by atoms with Crippen LogP contribution in [0, 0.1) is 0 Å². The third-order valence-electron chi connectivity index (χ3n) is 4.38. The van der Waals surface area contributed by atoms with Gasteiger partial charge in [0.2, 0.25) is 0 Å². The quantitative estimate of drug-likeness (QED) is 0.877. The molecule has 1 atom stereocenters. The Bertz CT molecular complexity index is 630. The third-order valence-corrected chi connectivity index (χ3v) is 4.38. The van der Waals surface area contributed by atoms with E-state index >= 15 is 0 Å². The summed E-state index contributed by atoms with van der Waals surface area (Å²) in [5.41, 5.74) is 1.17. The normalized spacial score (nSPS) is 18.3. The zero-order valence-electron chi connectivity index (χ0n) is 14.5. The number of piperidine rings is 1. The molecule has 3 rings (SSSR count). The molecule has 1 N–H and O–H groups in total. The summed E-state index contributed by atoms with van der Waals surface area (Å²) >= 11 is 0. The first-order chi connectivity index (χ1) is 11.7. The smallest absolute Gasteiger partial charge is 0.133 e. The maximum Gasteiger partial charge on any atom is 0.133 e. The van der Waals surface area contributed by atoms with Crippen molar-refractivity contribution < 1.29 is 0 Å². The predicted octanol–water partition coefficient (Wildman–Crippen LogP) is 2.06. The maximum atomic E-state index is 4.41. The maximum absolute atomic E-state index is 4.41. The molecule has 0 amide bonds. The van der Waals surface area contributed by atoms with E-state index in [4.69, 9.17) is 0 Å². The topological polar surface area (TPSA) is 57.2 Å². The molecule has 0 aromatic carbocycles. The van der Waals surface area contributed by atoms with Crippen molar-refractivity contribution in [3.8, 4) is 0 Å². The van der Waals surface area contributed by atoms with Crippen molar-refractivity contribution in [1.29, 1.82) is 0 Å². The molecule has 1 fully saturated rings. The fraction of sp³-hybridized carbons (Fsp3) is 0.500. The first-order valence-corrected chi connectivity index (χ1v) is 8.59. The highest BCUT2D eigenvalue weighted by Crippen LogP contribution is 2.17. The molecule has 1 saturated heterocycles. The fourth-order valence-corrected chi connectivity index (χ4v) is 3.07. The van der Waals surface area contributed by atoms with Crippen LogP contribution < -0.4 is 10.2 Å². The van der Waals surface area contributed by atoms with Gasteiger partial charge in [0.15, 0.2) is 0 Å². The zero-order valence-corrected chi connectivity index (χ0v) is 14.5. The molecule has 1 aliphatic heterocycles. The molecule has 0 spiro atoms. The fourth-order valence-electron chi connectivity index (χ4n) is 3.07. The van der Waals surface area contributed by atoms with Crippen LogP contribution in [0.3, 0.4) is 0 Å². The largest absolute Gasteiger partial charge is 0.366 e. The molecule has 2 aromatic heterocycles. The Labute approximate surface area is 143 Å². The molecule has 0 bridgehead atoms. The Balaban J connectivity index is 1.53. The van der Waals surface area contributed by atoms with Crippen molar-refractivity contribution in [3.63, 3.8) is 0 Å². The van der Waals surface area contributed by atoms with Gasteiger partial charge in [0.05, 0.1) is 0 Å². The molecule has 0 saturated carbocycles. The Hall–Kier alpha value is -2.21. The van der Waals surface area contributed by atoms with Gasteiger partial charge in [0.25, 0.3) is 0 Å². The third kappa shape index (κ3) is 4.64. The second kappa shape index (κ2) is 8.06. The van der Waals surface area contributed by atoms with Crippen molar-refractivity contribution in [2.75, 3.05) is 43.9 Å². The van der Waals surface area contributed by atoms with Crippen LogP contribution in [0.15, 0.2) is 36.8 Å². The van der Waals surface area contributed by atoms with E-state index in [0.29, 0.717) is 6.04 Å². The van der Waals surface area contributed by atoms with Crippen LogP contribution >= 0.6 is 0 Å². The number of pyridine rings is 1. The van der Waals surface area contributed by atoms with Crippen LogP contribution in [0.1, 0.15) is 18.5 Å². The summed E-state index contributed by atoms with van der Waals surface area (Å²) in [4.78, 5) is 17.5. The van der Waals surface area contributed by atoms with Crippen molar-refractivity contribution >= 4 is 11.6 Å². The van der Waals surface area contributed by atoms with Crippen LogP contribution in [0.4, 0.5) is 11.6 Å². The minimum Gasteiger partial charge on any atom is -0.366 e. The highest BCUT2D eigenvalue weighted by molar-refractivity contribution is 5.47. The van der Waals surface area contributed by atoms with E-state index in [0.717, 1.165) is 37.7 Å². The molecule has 3 heterocycles. The minimum atomic E-state index is 0.437. The van der Waals surface area contributed by atoms with Crippen molar-refractivity contribution in [2.24, 2.45) is 0 Å². The van der Waals surface area contributed by atoms with Crippen LogP contribution in [-0.2, 0) is 6.42 Å². The molecule has 24 heavy (non-hydrogen) atoms. The Morgan fingerprint density at radius 3 is 2.96 bits per heavy atom. The number of anilines is 2. The van der Waals surface area contributed by atoms with Gasteiger partial charge in [0.1, 0.15) is 18.0 Å². The molecule has 0 radical (unpaired) electrons. The number of hydrogen-bond donors (Lipinski definition) is 1. The van der Waals surface area contributed by atoms with Crippen LogP contribution in [0.2, 0.25) is 0 Å². The lowest BCUT2D eigenvalue weighted by atomic mass is 10.1. The van der Waals surface area contributed by atoms with Gasteiger partial charge in [-0.3, -0.25) is 4.98 Å². The van der Waals surface area contributed by atoms with Gasteiger partial charge in [-0.15, -0.1) is 0 Å². The van der Waals surface area contributed by atoms with Gasteiger partial charge in [0, 0.05) is 57.6 Å². The number of likely N-dealkylation sites (tertiary alicyclic amines) is 1.